The molecule has 0 bridgehead atoms. The Bertz CT molecular complexity index is 1400. The number of pyridine rings is 1. The summed E-state index contributed by atoms with van der Waals surface area (Å²) in [5.41, 5.74) is 2.02. The van der Waals surface area contributed by atoms with E-state index in [1.807, 2.05) is 12.1 Å². The number of nitrogens with zero attached hydrogens (tertiary/aromatic N) is 6. The van der Waals surface area contributed by atoms with Crippen LogP contribution in [0.4, 0.5) is 18.9 Å². The SMILES string of the molecule is CN(C)C(=O)CN(C)c1c(-c2ccc(Cl)cc2)cnn2c(=O)[nH]nc12.Cc1ccc(C(F)(F)F)nc1. The van der Waals surface area contributed by atoms with Crippen molar-refractivity contribution >= 4 is 28.8 Å². The first-order valence-corrected chi connectivity index (χ1v) is 10.9. The number of hydrogen-bond donors (Lipinski definition) is 1. The standard InChI is InChI=1S/C16H17ClN6O2.C7H6F3N/c1-21(2)13(24)9-22(3)14-12(10-4-6-11(17)7-5-10)8-18-23-15(14)19-20-16(23)25;1-5-2-3-6(11-4-5)7(8,9)10/h4-8H,9H2,1-3H3,(H,20,25);2-4H,1H3. The summed E-state index contributed by atoms with van der Waals surface area (Å²) in [6.45, 7) is 1.82. The van der Waals surface area contributed by atoms with Gasteiger partial charge in [-0.05, 0) is 36.2 Å². The molecule has 0 aliphatic carbocycles. The second-order valence-corrected chi connectivity index (χ2v) is 8.48. The van der Waals surface area contributed by atoms with E-state index >= 15 is 0 Å². The maximum absolute atomic E-state index is 12.1. The van der Waals surface area contributed by atoms with Crippen molar-refractivity contribution in [2.24, 2.45) is 0 Å². The minimum absolute atomic E-state index is 0.0719. The fourth-order valence-electron chi connectivity index (χ4n) is 3.13. The third kappa shape index (κ3) is 6.19. The topological polar surface area (TPSA) is 99.5 Å². The highest BCUT2D eigenvalue weighted by atomic mass is 35.5. The molecule has 1 aromatic carbocycles. The molecule has 4 aromatic rings. The fraction of sp³-hybridized carbons (Fsp3) is 0.261. The van der Waals surface area contributed by atoms with Crippen LogP contribution < -0.4 is 10.6 Å². The molecular weight excluding hydrogens is 499 g/mol. The summed E-state index contributed by atoms with van der Waals surface area (Å²) in [5.74, 6) is -0.0719. The predicted octanol–water partition coefficient (Wildman–Crippen LogP) is 3.67. The molecule has 190 valence electrons. The molecule has 1 N–H and O–H groups in total. The third-order valence-corrected chi connectivity index (χ3v) is 5.28. The van der Waals surface area contributed by atoms with E-state index < -0.39 is 17.6 Å². The summed E-state index contributed by atoms with van der Waals surface area (Å²) in [6.07, 6.45) is -1.55. The van der Waals surface area contributed by atoms with Crippen LogP contribution in [-0.2, 0) is 11.0 Å². The number of aromatic amines is 1. The van der Waals surface area contributed by atoms with E-state index in [1.165, 1.54) is 21.7 Å². The highest BCUT2D eigenvalue weighted by Crippen LogP contribution is 2.32. The number of benzene rings is 1. The van der Waals surface area contributed by atoms with E-state index in [-0.39, 0.29) is 12.5 Å². The van der Waals surface area contributed by atoms with Crippen LogP contribution in [0.25, 0.3) is 16.8 Å². The van der Waals surface area contributed by atoms with Crippen molar-refractivity contribution in [3.63, 3.8) is 0 Å². The van der Waals surface area contributed by atoms with Crippen LogP contribution in [0.1, 0.15) is 11.3 Å². The number of amides is 1. The van der Waals surface area contributed by atoms with Crippen molar-refractivity contribution < 1.29 is 18.0 Å². The van der Waals surface area contributed by atoms with Gasteiger partial charge < -0.3 is 9.80 Å². The minimum atomic E-state index is -4.33. The Morgan fingerprint density at radius 2 is 1.75 bits per heavy atom. The summed E-state index contributed by atoms with van der Waals surface area (Å²) in [4.78, 5) is 30.4. The number of likely N-dealkylation sites (N-methyl/N-ethyl adjacent to an activating group) is 2. The van der Waals surface area contributed by atoms with E-state index in [9.17, 15) is 22.8 Å². The molecule has 9 nitrogen and oxygen atoms in total. The number of fused-ring (bicyclic) bond motifs is 1. The summed E-state index contributed by atoms with van der Waals surface area (Å²) < 4.78 is 36.7. The summed E-state index contributed by atoms with van der Waals surface area (Å²) in [7, 11) is 5.16. The molecule has 0 saturated carbocycles. The highest BCUT2D eigenvalue weighted by molar-refractivity contribution is 6.30. The number of carbonyl (C=O) groups excluding carboxylic acids is 1. The van der Waals surface area contributed by atoms with Gasteiger partial charge in [-0.25, -0.2) is 9.89 Å². The molecule has 36 heavy (non-hydrogen) atoms. The Labute approximate surface area is 209 Å². The second kappa shape index (κ2) is 10.8. The lowest BCUT2D eigenvalue weighted by atomic mass is 10.1. The highest BCUT2D eigenvalue weighted by Gasteiger charge is 2.31. The Balaban J connectivity index is 0.000000275. The molecule has 0 spiro atoms. The molecule has 0 unspecified atom stereocenters. The average Bonchev–Trinajstić information content (AvgIpc) is 3.19. The molecule has 0 aliphatic heterocycles. The smallest absolute Gasteiger partial charge is 0.362 e. The number of rotatable bonds is 4. The first-order valence-electron chi connectivity index (χ1n) is 10.5. The number of aromatic nitrogens is 5. The number of anilines is 1. The summed E-state index contributed by atoms with van der Waals surface area (Å²) >= 11 is 5.96. The van der Waals surface area contributed by atoms with E-state index in [1.54, 1.807) is 51.3 Å². The quantitative estimate of drug-likeness (QED) is 0.440. The first-order chi connectivity index (χ1) is 16.9. The summed E-state index contributed by atoms with van der Waals surface area (Å²) in [5, 5.41) is 11.2. The van der Waals surface area contributed by atoms with Crippen LogP contribution in [0.2, 0.25) is 5.02 Å². The maximum atomic E-state index is 12.1. The molecule has 13 heteroatoms. The first kappa shape index (κ1) is 26.7. The number of hydrogen-bond acceptors (Lipinski definition) is 6. The van der Waals surface area contributed by atoms with Gasteiger partial charge in [0.05, 0.1) is 18.4 Å². The van der Waals surface area contributed by atoms with Gasteiger partial charge in [0.2, 0.25) is 11.6 Å². The Hall–Kier alpha value is -3.93. The van der Waals surface area contributed by atoms with Gasteiger partial charge >= 0.3 is 11.9 Å². The average molecular weight is 522 g/mol. The van der Waals surface area contributed by atoms with Gasteiger partial charge in [0, 0.05) is 37.9 Å². The van der Waals surface area contributed by atoms with E-state index in [4.69, 9.17) is 11.6 Å². The van der Waals surface area contributed by atoms with Crippen LogP contribution in [-0.4, -0.2) is 63.3 Å². The molecule has 4 rings (SSSR count). The summed E-state index contributed by atoms with van der Waals surface area (Å²) in [6, 6.07) is 9.60. The Morgan fingerprint density at radius 1 is 1.08 bits per heavy atom. The van der Waals surface area contributed by atoms with Gasteiger partial charge in [-0.15, -0.1) is 5.10 Å². The number of H-pyrrole nitrogens is 1. The normalized spacial score (nSPS) is 11.1. The zero-order valence-electron chi connectivity index (χ0n) is 19.8. The predicted molar refractivity (Wildman–Crippen MR) is 130 cm³/mol. The number of halogens is 4. The molecule has 3 heterocycles. The van der Waals surface area contributed by atoms with Crippen molar-refractivity contribution in [3.8, 4) is 11.1 Å². The van der Waals surface area contributed by atoms with Crippen LogP contribution >= 0.6 is 11.6 Å². The van der Waals surface area contributed by atoms with E-state index in [0.29, 0.717) is 16.4 Å². The van der Waals surface area contributed by atoms with E-state index in [2.05, 4.69) is 20.3 Å². The lowest BCUT2D eigenvalue weighted by Crippen LogP contribution is -2.35. The largest absolute Gasteiger partial charge is 0.433 e. The van der Waals surface area contributed by atoms with Crippen LogP contribution in [0, 0.1) is 6.92 Å². The monoisotopic (exact) mass is 521 g/mol. The van der Waals surface area contributed by atoms with Gasteiger partial charge in [0.1, 0.15) is 5.69 Å². The lowest BCUT2D eigenvalue weighted by Gasteiger charge is -2.23. The second-order valence-electron chi connectivity index (χ2n) is 8.04. The zero-order valence-corrected chi connectivity index (χ0v) is 20.6. The third-order valence-electron chi connectivity index (χ3n) is 5.03. The van der Waals surface area contributed by atoms with Crippen LogP contribution in [0.5, 0.6) is 0 Å². The maximum Gasteiger partial charge on any atom is 0.433 e. The molecule has 0 radical (unpaired) electrons. The van der Waals surface area contributed by atoms with Gasteiger partial charge in [0.25, 0.3) is 0 Å². The van der Waals surface area contributed by atoms with Crippen molar-refractivity contribution in [3.05, 3.63) is 75.6 Å². The van der Waals surface area contributed by atoms with Crippen molar-refractivity contribution in [2.75, 3.05) is 32.6 Å². The number of aryl methyl sites for hydroxylation is 1. The number of nitrogens with one attached hydrogen (secondary N) is 1. The van der Waals surface area contributed by atoms with Crippen molar-refractivity contribution in [1.82, 2.24) is 29.7 Å². The minimum Gasteiger partial charge on any atom is -0.362 e. The Morgan fingerprint density at radius 3 is 2.31 bits per heavy atom. The van der Waals surface area contributed by atoms with Crippen molar-refractivity contribution in [2.45, 2.75) is 13.1 Å². The number of carbonyl (C=O) groups is 1. The molecule has 0 fully saturated rings. The molecule has 3 aromatic heterocycles. The van der Waals surface area contributed by atoms with Crippen LogP contribution in [0.3, 0.4) is 0 Å². The number of alkyl halides is 3. The molecule has 1 amide bonds. The van der Waals surface area contributed by atoms with Gasteiger partial charge in [0.15, 0.2) is 0 Å². The van der Waals surface area contributed by atoms with Gasteiger partial charge in [-0.1, -0.05) is 29.8 Å². The van der Waals surface area contributed by atoms with Gasteiger partial charge in [-0.3, -0.25) is 9.78 Å². The Kier molecular flexibility index (Phi) is 7.98. The fourth-order valence-corrected chi connectivity index (χ4v) is 3.25. The molecule has 0 aliphatic rings. The zero-order chi connectivity index (χ0) is 26.6. The molecular formula is C23H23ClF3N7O2. The van der Waals surface area contributed by atoms with Crippen molar-refractivity contribution in [1.29, 1.82) is 0 Å². The van der Waals surface area contributed by atoms with E-state index in [0.717, 1.165) is 22.8 Å². The lowest BCUT2D eigenvalue weighted by molar-refractivity contribution is -0.141. The van der Waals surface area contributed by atoms with Gasteiger partial charge in [-0.2, -0.15) is 22.8 Å². The molecule has 0 saturated heterocycles. The molecule has 0 atom stereocenters. The van der Waals surface area contributed by atoms with Crippen LogP contribution in [0.15, 0.2) is 53.6 Å².